The Kier molecular flexibility index (Phi) is 2.99. The van der Waals surface area contributed by atoms with Gasteiger partial charge in [-0.2, -0.15) is 0 Å². The molecular formula is C10H12N2O5. The molecule has 7 nitrogen and oxygen atoms in total. The van der Waals surface area contributed by atoms with Crippen LogP contribution in [-0.4, -0.2) is 48.4 Å². The number of amides is 3. The number of nitrogens with one attached hydrogen (secondary N) is 1. The van der Waals surface area contributed by atoms with Gasteiger partial charge >= 0.3 is 0 Å². The van der Waals surface area contributed by atoms with Crippen LogP contribution in [0.2, 0.25) is 0 Å². The molecule has 3 amide bonds. The van der Waals surface area contributed by atoms with Gasteiger partial charge in [0.25, 0.3) is 5.91 Å². The molecule has 0 bridgehead atoms. The maximum atomic E-state index is 12.0. The van der Waals surface area contributed by atoms with Gasteiger partial charge in [0.2, 0.25) is 17.6 Å². The predicted molar refractivity (Wildman–Crippen MR) is 54.3 cm³/mol. The molecule has 1 atom stereocenters. The Morgan fingerprint density at radius 1 is 1.47 bits per heavy atom. The van der Waals surface area contributed by atoms with Crippen LogP contribution in [0.3, 0.4) is 0 Å². The summed E-state index contributed by atoms with van der Waals surface area (Å²) in [5.74, 6) is -1.49. The highest BCUT2D eigenvalue weighted by molar-refractivity contribution is 6.06. The van der Waals surface area contributed by atoms with Gasteiger partial charge in [0.05, 0.1) is 0 Å². The van der Waals surface area contributed by atoms with Crippen LogP contribution >= 0.6 is 0 Å². The lowest BCUT2D eigenvalue weighted by Crippen LogP contribution is -2.59. The fraction of sp³-hybridized carbons (Fsp3) is 0.500. The van der Waals surface area contributed by atoms with Crippen molar-refractivity contribution in [1.82, 2.24) is 10.2 Å². The van der Waals surface area contributed by atoms with E-state index in [2.05, 4.69) is 5.32 Å². The summed E-state index contributed by atoms with van der Waals surface area (Å²) in [5, 5.41) is 2.15. The first-order chi connectivity index (χ1) is 8.09. The minimum atomic E-state index is -0.702. The predicted octanol–water partition coefficient (Wildman–Crippen LogP) is -1.25. The maximum Gasteiger partial charge on any atom is 0.293 e. The van der Waals surface area contributed by atoms with Crippen molar-refractivity contribution >= 4 is 17.7 Å². The van der Waals surface area contributed by atoms with Crippen LogP contribution in [0, 0.1) is 0 Å². The normalized spacial score (nSPS) is 24.4. The SMILES string of the molecule is CC1C(=O)NC(=O)CN1C(=O)C1=COCCO1. The first kappa shape index (κ1) is 11.4. The molecule has 2 aliphatic rings. The number of carbonyl (C=O) groups excluding carboxylic acids is 3. The number of carbonyl (C=O) groups is 3. The Bertz CT molecular complexity index is 404. The van der Waals surface area contributed by atoms with Gasteiger partial charge in [-0.1, -0.05) is 0 Å². The molecule has 0 aromatic heterocycles. The van der Waals surface area contributed by atoms with Crippen LogP contribution in [0.4, 0.5) is 0 Å². The molecule has 2 rings (SSSR count). The van der Waals surface area contributed by atoms with Crippen molar-refractivity contribution in [2.75, 3.05) is 19.8 Å². The summed E-state index contributed by atoms with van der Waals surface area (Å²) in [7, 11) is 0. The first-order valence-corrected chi connectivity index (χ1v) is 5.19. The molecule has 2 aliphatic heterocycles. The van der Waals surface area contributed by atoms with Crippen LogP contribution in [0.15, 0.2) is 12.0 Å². The second-order valence-corrected chi connectivity index (χ2v) is 3.72. The molecule has 1 N–H and O–H groups in total. The van der Waals surface area contributed by atoms with Gasteiger partial charge in [0, 0.05) is 0 Å². The summed E-state index contributed by atoms with van der Waals surface area (Å²) in [6.07, 6.45) is 1.20. The van der Waals surface area contributed by atoms with E-state index in [0.29, 0.717) is 6.61 Å². The van der Waals surface area contributed by atoms with Crippen LogP contribution < -0.4 is 5.32 Å². The summed E-state index contributed by atoms with van der Waals surface area (Å²) >= 11 is 0. The van der Waals surface area contributed by atoms with E-state index in [1.54, 1.807) is 6.92 Å². The molecule has 17 heavy (non-hydrogen) atoms. The van der Waals surface area contributed by atoms with Crippen LogP contribution in [0.1, 0.15) is 6.92 Å². The van der Waals surface area contributed by atoms with E-state index in [9.17, 15) is 14.4 Å². The van der Waals surface area contributed by atoms with Gasteiger partial charge in [-0.15, -0.1) is 0 Å². The number of rotatable bonds is 1. The monoisotopic (exact) mass is 240 g/mol. The Morgan fingerprint density at radius 3 is 2.88 bits per heavy atom. The van der Waals surface area contributed by atoms with Crippen molar-refractivity contribution in [2.24, 2.45) is 0 Å². The quantitative estimate of drug-likeness (QED) is 0.579. The fourth-order valence-electron chi connectivity index (χ4n) is 1.58. The van der Waals surface area contributed by atoms with Gasteiger partial charge < -0.3 is 14.4 Å². The average Bonchev–Trinajstić information content (AvgIpc) is 2.34. The highest BCUT2D eigenvalue weighted by atomic mass is 16.6. The van der Waals surface area contributed by atoms with Gasteiger partial charge in [0.1, 0.15) is 32.1 Å². The summed E-state index contributed by atoms with van der Waals surface area (Å²) in [6, 6.07) is -0.702. The summed E-state index contributed by atoms with van der Waals surface area (Å²) in [5.41, 5.74) is 0. The second kappa shape index (κ2) is 4.44. The topological polar surface area (TPSA) is 84.9 Å². The highest BCUT2D eigenvalue weighted by Gasteiger charge is 2.35. The lowest BCUT2D eigenvalue weighted by molar-refractivity contribution is -0.149. The van der Waals surface area contributed by atoms with Gasteiger partial charge in [-0.3, -0.25) is 19.7 Å². The Labute approximate surface area is 97.3 Å². The van der Waals surface area contributed by atoms with E-state index in [-0.39, 0.29) is 18.9 Å². The third-order valence-corrected chi connectivity index (χ3v) is 2.54. The van der Waals surface area contributed by atoms with Crippen LogP contribution in [0.25, 0.3) is 0 Å². The number of nitrogens with zero attached hydrogens (tertiary/aromatic N) is 1. The Hall–Kier alpha value is -2.05. The van der Waals surface area contributed by atoms with Crippen LogP contribution in [-0.2, 0) is 23.9 Å². The Balaban J connectivity index is 2.14. The average molecular weight is 240 g/mol. The van der Waals surface area contributed by atoms with E-state index in [4.69, 9.17) is 9.47 Å². The second-order valence-electron chi connectivity index (χ2n) is 3.72. The molecule has 1 unspecified atom stereocenters. The third-order valence-electron chi connectivity index (χ3n) is 2.54. The van der Waals surface area contributed by atoms with Crippen molar-refractivity contribution in [3.8, 4) is 0 Å². The zero-order valence-corrected chi connectivity index (χ0v) is 9.26. The molecule has 0 saturated carbocycles. The van der Waals surface area contributed by atoms with Gasteiger partial charge in [-0.25, -0.2) is 0 Å². The molecule has 0 aromatic carbocycles. The first-order valence-electron chi connectivity index (χ1n) is 5.19. The lowest BCUT2D eigenvalue weighted by Gasteiger charge is -2.32. The van der Waals surface area contributed by atoms with Crippen LogP contribution in [0.5, 0.6) is 0 Å². The summed E-state index contributed by atoms with van der Waals surface area (Å²) < 4.78 is 10.1. The molecule has 1 fully saturated rings. The number of ether oxygens (including phenoxy) is 2. The van der Waals surface area contributed by atoms with Crippen molar-refractivity contribution in [2.45, 2.75) is 13.0 Å². The molecule has 0 radical (unpaired) electrons. The molecule has 1 saturated heterocycles. The molecule has 0 aliphatic carbocycles. The zero-order valence-electron chi connectivity index (χ0n) is 9.26. The highest BCUT2D eigenvalue weighted by Crippen LogP contribution is 2.13. The van der Waals surface area contributed by atoms with E-state index in [1.807, 2.05) is 0 Å². The van der Waals surface area contributed by atoms with E-state index in [0.717, 1.165) is 4.90 Å². The zero-order chi connectivity index (χ0) is 12.4. The molecule has 92 valence electrons. The number of imide groups is 1. The number of piperazine rings is 1. The van der Waals surface area contributed by atoms with Crippen molar-refractivity contribution in [3.63, 3.8) is 0 Å². The molecule has 7 heteroatoms. The maximum absolute atomic E-state index is 12.0. The van der Waals surface area contributed by atoms with Gasteiger partial charge in [0.15, 0.2) is 0 Å². The fourth-order valence-corrected chi connectivity index (χ4v) is 1.58. The summed E-state index contributed by atoms with van der Waals surface area (Å²) in [6.45, 7) is 2.04. The lowest BCUT2D eigenvalue weighted by atomic mass is 10.2. The third kappa shape index (κ3) is 2.22. The van der Waals surface area contributed by atoms with Crippen molar-refractivity contribution < 1.29 is 23.9 Å². The van der Waals surface area contributed by atoms with E-state index >= 15 is 0 Å². The summed E-state index contributed by atoms with van der Waals surface area (Å²) in [4.78, 5) is 35.7. The minimum absolute atomic E-state index is 0.0191. The largest absolute Gasteiger partial charge is 0.494 e. The van der Waals surface area contributed by atoms with E-state index in [1.165, 1.54) is 6.26 Å². The Morgan fingerprint density at radius 2 is 2.24 bits per heavy atom. The number of hydrogen-bond donors (Lipinski definition) is 1. The molecule has 2 heterocycles. The molecule has 0 aromatic rings. The van der Waals surface area contributed by atoms with E-state index < -0.39 is 23.8 Å². The standard InChI is InChI=1S/C10H12N2O5/c1-6-9(14)11-8(13)4-12(6)10(15)7-5-16-2-3-17-7/h5-6H,2-4H2,1H3,(H,11,13,14). The van der Waals surface area contributed by atoms with Crippen molar-refractivity contribution in [3.05, 3.63) is 12.0 Å². The molecule has 0 spiro atoms. The smallest absolute Gasteiger partial charge is 0.293 e. The van der Waals surface area contributed by atoms with Gasteiger partial charge in [-0.05, 0) is 6.92 Å². The minimum Gasteiger partial charge on any atom is -0.494 e. The molecular weight excluding hydrogens is 228 g/mol. The van der Waals surface area contributed by atoms with Crippen molar-refractivity contribution in [1.29, 1.82) is 0 Å². The number of hydrogen-bond acceptors (Lipinski definition) is 5.